The van der Waals surface area contributed by atoms with Crippen molar-refractivity contribution in [3.05, 3.63) is 35.3 Å². The van der Waals surface area contributed by atoms with Gasteiger partial charge in [0.25, 0.3) is 0 Å². The molecule has 1 aliphatic carbocycles. The Morgan fingerprint density at radius 2 is 1.85 bits per heavy atom. The van der Waals surface area contributed by atoms with Crippen molar-refractivity contribution in [3.63, 3.8) is 0 Å². The van der Waals surface area contributed by atoms with Crippen molar-refractivity contribution in [2.24, 2.45) is 0 Å². The summed E-state index contributed by atoms with van der Waals surface area (Å²) < 4.78 is 50.5. The van der Waals surface area contributed by atoms with Crippen molar-refractivity contribution in [3.8, 4) is 5.75 Å². The largest absolute Gasteiger partial charge is 0.490 e. The summed E-state index contributed by atoms with van der Waals surface area (Å²) in [4.78, 5) is 25.5. The molecule has 8 nitrogen and oxygen atoms in total. The number of aromatic nitrogens is 2. The number of anilines is 3. The van der Waals surface area contributed by atoms with Gasteiger partial charge in [0.15, 0.2) is 23.3 Å². The lowest BCUT2D eigenvalue weighted by Crippen LogP contribution is -2.52. The third-order valence-corrected chi connectivity index (χ3v) is 6.06. The molecule has 1 N–H and O–H groups in total. The number of amides is 1. The van der Waals surface area contributed by atoms with Gasteiger partial charge in [0.05, 0.1) is 12.3 Å². The zero-order valence-electron chi connectivity index (χ0n) is 18.9. The molecule has 178 valence electrons. The first kappa shape index (κ1) is 23.1. The number of benzene rings is 1. The highest BCUT2D eigenvalue weighted by atomic mass is 19.2. The van der Waals surface area contributed by atoms with E-state index < -0.39 is 17.5 Å². The molecule has 1 fully saturated rings. The second kappa shape index (κ2) is 9.05. The van der Waals surface area contributed by atoms with Crippen LogP contribution in [0.25, 0.3) is 0 Å². The number of methoxy groups -OCH3 is 1. The maximum absolute atomic E-state index is 13.4. The van der Waals surface area contributed by atoms with Gasteiger partial charge in [0.1, 0.15) is 23.6 Å². The Balaban J connectivity index is 1.44. The normalized spacial score (nSPS) is 22.2. The van der Waals surface area contributed by atoms with Crippen molar-refractivity contribution in [1.82, 2.24) is 9.97 Å². The molecule has 11 heteroatoms. The highest BCUT2D eigenvalue weighted by molar-refractivity contribution is 6.05. The molecule has 1 aromatic carbocycles. The second-order valence-electron chi connectivity index (χ2n) is 8.33. The molecule has 0 radical (unpaired) electrons. The number of carbonyl (C=O) groups is 1. The van der Waals surface area contributed by atoms with E-state index in [0.717, 1.165) is 12.1 Å². The van der Waals surface area contributed by atoms with Crippen LogP contribution in [0.5, 0.6) is 5.75 Å². The van der Waals surface area contributed by atoms with Crippen LogP contribution < -0.4 is 19.9 Å². The smallest absolute Gasteiger partial charge is 0.249 e. The SMILES string of the molecule is COCCN1C(=O)[C@H](C)N(C)c2nc(N[C@H]3C[C@H](Oc4cc(F)c(F)c(F)c4)C3)nc(C)c21. The number of aryl methyl sites for hydroxylation is 1. The molecule has 1 aromatic heterocycles. The molecule has 33 heavy (non-hydrogen) atoms. The number of halogens is 3. The number of nitrogens with one attached hydrogen (secondary N) is 1. The average molecular weight is 465 g/mol. The monoisotopic (exact) mass is 465 g/mol. The van der Waals surface area contributed by atoms with Crippen molar-refractivity contribution in [1.29, 1.82) is 0 Å². The van der Waals surface area contributed by atoms with Crippen LogP contribution in [0.3, 0.4) is 0 Å². The van der Waals surface area contributed by atoms with Crippen molar-refractivity contribution in [2.75, 3.05) is 42.4 Å². The number of rotatable bonds is 7. The molecule has 1 amide bonds. The Labute approximate surface area is 189 Å². The summed E-state index contributed by atoms with van der Waals surface area (Å²) in [6.07, 6.45) is 0.852. The molecule has 0 unspecified atom stereocenters. The van der Waals surface area contributed by atoms with E-state index in [1.165, 1.54) is 0 Å². The van der Waals surface area contributed by atoms with Crippen molar-refractivity contribution in [2.45, 2.75) is 44.9 Å². The minimum atomic E-state index is -1.52. The van der Waals surface area contributed by atoms with E-state index in [4.69, 9.17) is 9.47 Å². The fraction of sp³-hybridized carbons (Fsp3) is 0.500. The Hall–Kier alpha value is -3.08. The van der Waals surface area contributed by atoms with Gasteiger partial charge < -0.3 is 24.6 Å². The van der Waals surface area contributed by atoms with Gasteiger partial charge in [-0.2, -0.15) is 4.98 Å². The molecule has 0 spiro atoms. The molecule has 0 bridgehead atoms. The van der Waals surface area contributed by atoms with Gasteiger partial charge in [-0.05, 0) is 13.8 Å². The number of carbonyl (C=O) groups excluding carboxylic acids is 1. The zero-order valence-corrected chi connectivity index (χ0v) is 18.9. The summed E-state index contributed by atoms with van der Waals surface area (Å²) in [7, 11) is 3.40. The van der Waals surface area contributed by atoms with Crippen molar-refractivity contribution < 1.29 is 27.4 Å². The van der Waals surface area contributed by atoms with Crippen LogP contribution in [0.4, 0.5) is 30.6 Å². The first-order chi connectivity index (χ1) is 15.7. The Kier molecular flexibility index (Phi) is 6.33. The molecule has 2 heterocycles. The number of fused-ring (bicyclic) bond motifs is 1. The highest BCUT2D eigenvalue weighted by Crippen LogP contribution is 2.37. The van der Waals surface area contributed by atoms with E-state index in [-0.39, 0.29) is 29.8 Å². The predicted octanol–water partition coefficient (Wildman–Crippen LogP) is 3.04. The summed E-state index contributed by atoms with van der Waals surface area (Å²) in [6, 6.07) is 1.29. The van der Waals surface area contributed by atoms with Gasteiger partial charge in [-0.25, -0.2) is 18.2 Å². The number of hydrogen-bond donors (Lipinski definition) is 1. The lowest BCUT2D eigenvalue weighted by molar-refractivity contribution is -0.120. The summed E-state index contributed by atoms with van der Waals surface area (Å²) in [6.45, 7) is 4.45. The quantitative estimate of drug-likeness (QED) is 0.630. The second-order valence-corrected chi connectivity index (χ2v) is 8.33. The Morgan fingerprint density at radius 1 is 1.18 bits per heavy atom. The molecule has 1 aliphatic heterocycles. The molecule has 1 atom stereocenters. The lowest BCUT2D eigenvalue weighted by Gasteiger charge is -2.40. The standard InChI is InChI=1S/C22H26F3N5O3/c1-11-19-20(29(3)12(2)21(31)30(19)5-6-32-4)28-22(26-11)27-13-7-14(8-13)33-15-9-16(23)18(25)17(24)10-15/h9-10,12-14H,5-8H2,1-4H3,(H,26,27,28)/t12-,13-,14-/m0/s1. The van der Waals surface area contributed by atoms with E-state index in [1.54, 1.807) is 12.0 Å². The maximum Gasteiger partial charge on any atom is 0.249 e. The Bertz CT molecular complexity index is 1040. The maximum atomic E-state index is 13.4. The third kappa shape index (κ3) is 4.41. The fourth-order valence-electron chi connectivity index (χ4n) is 4.02. The van der Waals surface area contributed by atoms with Gasteiger partial charge in [0.2, 0.25) is 11.9 Å². The van der Waals surface area contributed by atoms with Gasteiger partial charge >= 0.3 is 0 Å². The summed E-state index contributed by atoms with van der Waals surface area (Å²) >= 11 is 0. The lowest BCUT2D eigenvalue weighted by atomic mass is 9.89. The minimum absolute atomic E-state index is 0.000129. The Morgan fingerprint density at radius 3 is 2.48 bits per heavy atom. The molecule has 2 aliphatic rings. The molecular weight excluding hydrogens is 439 g/mol. The summed E-state index contributed by atoms with van der Waals surface area (Å²) in [5.74, 6) is -3.10. The van der Waals surface area contributed by atoms with Crippen LogP contribution in [0.2, 0.25) is 0 Å². The average Bonchev–Trinajstić information content (AvgIpc) is 2.74. The van der Waals surface area contributed by atoms with Crippen LogP contribution >= 0.6 is 0 Å². The molecule has 1 saturated carbocycles. The topological polar surface area (TPSA) is 79.8 Å². The van der Waals surface area contributed by atoms with Gasteiger partial charge in [0, 0.05) is 51.7 Å². The number of hydrogen-bond acceptors (Lipinski definition) is 7. The minimum Gasteiger partial charge on any atom is -0.490 e. The fourth-order valence-corrected chi connectivity index (χ4v) is 4.02. The van der Waals surface area contributed by atoms with Crippen LogP contribution in [-0.2, 0) is 9.53 Å². The number of ether oxygens (including phenoxy) is 2. The van der Waals surface area contributed by atoms with Crippen LogP contribution in [0, 0.1) is 24.4 Å². The van der Waals surface area contributed by atoms with E-state index in [9.17, 15) is 18.0 Å². The molecule has 0 saturated heterocycles. The number of nitrogens with zero attached hydrogens (tertiary/aromatic N) is 4. The highest BCUT2D eigenvalue weighted by Gasteiger charge is 2.37. The zero-order chi connectivity index (χ0) is 23.9. The molecule has 4 rings (SSSR count). The van der Waals surface area contributed by atoms with Crippen LogP contribution in [-0.4, -0.2) is 61.4 Å². The third-order valence-electron chi connectivity index (χ3n) is 6.06. The van der Waals surface area contributed by atoms with E-state index >= 15 is 0 Å². The number of likely N-dealkylation sites (N-methyl/N-ethyl adjacent to an activating group) is 1. The first-order valence-electron chi connectivity index (χ1n) is 10.7. The van der Waals surface area contributed by atoms with E-state index in [0.29, 0.717) is 49.1 Å². The van der Waals surface area contributed by atoms with E-state index in [2.05, 4.69) is 15.3 Å². The van der Waals surface area contributed by atoms with Gasteiger partial charge in [-0.1, -0.05) is 0 Å². The molecule has 2 aromatic rings. The first-order valence-corrected chi connectivity index (χ1v) is 10.7. The molecular formula is C22H26F3N5O3. The van der Waals surface area contributed by atoms with E-state index in [1.807, 2.05) is 25.8 Å². The van der Waals surface area contributed by atoms with Crippen molar-refractivity contribution >= 4 is 23.4 Å². The van der Waals surface area contributed by atoms with Crippen LogP contribution in [0.15, 0.2) is 12.1 Å². The van der Waals surface area contributed by atoms with Gasteiger partial charge in [-0.3, -0.25) is 4.79 Å². The predicted molar refractivity (Wildman–Crippen MR) is 116 cm³/mol. The summed E-state index contributed by atoms with van der Waals surface area (Å²) in [5, 5.41) is 3.26. The van der Waals surface area contributed by atoms with Gasteiger partial charge in [-0.15, -0.1) is 0 Å². The summed E-state index contributed by atoms with van der Waals surface area (Å²) in [5.41, 5.74) is 1.33. The van der Waals surface area contributed by atoms with Crippen LogP contribution in [0.1, 0.15) is 25.5 Å².